The molecule has 1 N–H and O–H groups in total. The highest BCUT2D eigenvalue weighted by Gasteiger charge is 2.29. The molecule has 1 unspecified atom stereocenters. The van der Waals surface area contributed by atoms with Crippen LogP contribution < -0.4 is 10.1 Å². The first-order valence-electron chi connectivity index (χ1n) is 10.5. The molecule has 0 radical (unpaired) electrons. The van der Waals surface area contributed by atoms with Gasteiger partial charge in [-0.3, -0.25) is 9.59 Å². The molecule has 1 atom stereocenters. The summed E-state index contributed by atoms with van der Waals surface area (Å²) in [5.41, 5.74) is 3.73. The first kappa shape index (κ1) is 20.7. The van der Waals surface area contributed by atoms with Gasteiger partial charge in [-0.15, -0.1) is 0 Å². The largest absolute Gasteiger partial charge is 0.496 e. The molecule has 1 fully saturated rings. The number of amides is 2. The Morgan fingerprint density at radius 2 is 1.65 bits per heavy atom. The van der Waals surface area contributed by atoms with Crippen molar-refractivity contribution in [1.29, 1.82) is 0 Å². The molecule has 4 rings (SSSR count). The van der Waals surface area contributed by atoms with Gasteiger partial charge < -0.3 is 15.0 Å². The number of benzene rings is 3. The van der Waals surface area contributed by atoms with Gasteiger partial charge >= 0.3 is 0 Å². The van der Waals surface area contributed by atoms with E-state index in [9.17, 15) is 9.59 Å². The van der Waals surface area contributed by atoms with Gasteiger partial charge in [0.15, 0.2) is 0 Å². The van der Waals surface area contributed by atoms with E-state index in [2.05, 4.69) is 11.4 Å². The average molecular weight is 415 g/mol. The highest BCUT2D eigenvalue weighted by Crippen LogP contribution is 2.33. The number of carbonyl (C=O) groups excluding carboxylic acids is 2. The van der Waals surface area contributed by atoms with E-state index in [1.165, 1.54) is 0 Å². The first-order chi connectivity index (χ1) is 15.2. The molecule has 0 bridgehead atoms. The molecule has 1 heterocycles. The zero-order valence-corrected chi connectivity index (χ0v) is 17.6. The topological polar surface area (TPSA) is 58.6 Å². The molecule has 158 valence electrons. The van der Waals surface area contributed by atoms with Crippen LogP contribution in [0.2, 0.25) is 0 Å². The SMILES string of the molecule is COc1ccccc1-c1ccccc1CC1CN(C(=O)c2ccccc2)CCNC1=O. The van der Waals surface area contributed by atoms with Crippen molar-refractivity contribution in [3.63, 3.8) is 0 Å². The molecule has 0 aromatic heterocycles. The van der Waals surface area contributed by atoms with Crippen LogP contribution in [0.3, 0.4) is 0 Å². The number of hydrogen-bond donors (Lipinski definition) is 1. The normalized spacial score (nSPS) is 16.4. The molecule has 5 nitrogen and oxygen atoms in total. The van der Waals surface area contributed by atoms with Gasteiger partial charge in [0.25, 0.3) is 5.91 Å². The summed E-state index contributed by atoms with van der Waals surface area (Å²) >= 11 is 0. The number of hydrogen-bond acceptors (Lipinski definition) is 3. The predicted octanol–water partition coefficient (Wildman–Crippen LogP) is 3.79. The summed E-state index contributed by atoms with van der Waals surface area (Å²) in [5.74, 6) is 0.408. The highest BCUT2D eigenvalue weighted by molar-refractivity contribution is 5.95. The molecule has 0 spiro atoms. The van der Waals surface area contributed by atoms with Crippen LogP contribution in [0, 0.1) is 5.92 Å². The van der Waals surface area contributed by atoms with E-state index in [1.54, 1.807) is 12.0 Å². The lowest BCUT2D eigenvalue weighted by Gasteiger charge is -2.24. The van der Waals surface area contributed by atoms with E-state index in [-0.39, 0.29) is 17.7 Å². The third-order valence-electron chi connectivity index (χ3n) is 5.68. The Labute approximate surface area is 182 Å². The maximum absolute atomic E-state index is 13.0. The van der Waals surface area contributed by atoms with Gasteiger partial charge in [-0.05, 0) is 35.7 Å². The lowest BCUT2D eigenvalue weighted by molar-refractivity contribution is -0.124. The monoisotopic (exact) mass is 414 g/mol. The molecule has 1 aliphatic heterocycles. The molecule has 31 heavy (non-hydrogen) atoms. The standard InChI is InChI=1S/C26H26N2O3/c1-31-24-14-8-7-13-23(24)22-12-6-5-11-20(22)17-21-18-28(16-15-27-25(21)29)26(30)19-9-3-2-4-10-19/h2-14,21H,15-18H2,1H3,(H,27,29). The number of carbonyl (C=O) groups is 2. The van der Waals surface area contributed by atoms with E-state index in [0.29, 0.717) is 31.6 Å². The van der Waals surface area contributed by atoms with Crippen molar-refractivity contribution >= 4 is 11.8 Å². The number of nitrogens with zero attached hydrogens (tertiary/aromatic N) is 1. The summed E-state index contributed by atoms with van der Waals surface area (Å²) in [4.78, 5) is 27.6. The van der Waals surface area contributed by atoms with Crippen molar-refractivity contribution in [2.75, 3.05) is 26.7 Å². The van der Waals surface area contributed by atoms with Gasteiger partial charge in [0.05, 0.1) is 13.0 Å². The Balaban J connectivity index is 1.61. The quantitative estimate of drug-likeness (QED) is 0.691. The van der Waals surface area contributed by atoms with Gasteiger partial charge in [0.2, 0.25) is 5.91 Å². The number of para-hydroxylation sites is 1. The van der Waals surface area contributed by atoms with E-state index in [1.807, 2.05) is 72.8 Å². The van der Waals surface area contributed by atoms with Gasteiger partial charge in [0.1, 0.15) is 5.75 Å². The second-order valence-electron chi connectivity index (χ2n) is 7.67. The molecular formula is C26H26N2O3. The van der Waals surface area contributed by atoms with E-state index in [4.69, 9.17) is 4.74 Å². The summed E-state index contributed by atoms with van der Waals surface area (Å²) in [6, 6.07) is 25.2. The fraction of sp³-hybridized carbons (Fsp3) is 0.231. The third-order valence-corrected chi connectivity index (χ3v) is 5.68. The minimum atomic E-state index is -0.328. The summed E-state index contributed by atoms with van der Waals surface area (Å²) in [7, 11) is 1.66. The minimum absolute atomic E-state index is 0.0156. The minimum Gasteiger partial charge on any atom is -0.496 e. The fourth-order valence-electron chi connectivity index (χ4n) is 4.10. The molecule has 1 saturated heterocycles. The summed E-state index contributed by atoms with van der Waals surface area (Å²) in [6.07, 6.45) is 0.540. The number of rotatable bonds is 5. The van der Waals surface area contributed by atoms with E-state index in [0.717, 1.165) is 22.4 Å². The number of methoxy groups -OCH3 is 1. The molecule has 3 aromatic rings. The lowest BCUT2D eigenvalue weighted by Crippen LogP contribution is -2.37. The van der Waals surface area contributed by atoms with Crippen LogP contribution in [-0.4, -0.2) is 43.5 Å². The molecule has 2 amide bonds. The van der Waals surface area contributed by atoms with Crippen LogP contribution in [0.4, 0.5) is 0 Å². The van der Waals surface area contributed by atoms with Crippen molar-refractivity contribution in [1.82, 2.24) is 10.2 Å². The highest BCUT2D eigenvalue weighted by atomic mass is 16.5. The maximum atomic E-state index is 13.0. The fourth-order valence-corrected chi connectivity index (χ4v) is 4.10. The van der Waals surface area contributed by atoms with Crippen molar-refractivity contribution in [2.45, 2.75) is 6.42 Å². The summed E-state index contributed by atoms with van der Waals surface area (Å²) in [5, 5.41) is 2.98. The summed E-state index contributed by atoms with van der Waals surface area (Å²) < 4.78 is 5.55. The first-order valence-corrected chi connectivity index (χ1v) is 10.5. The average Bonchev–Trinajstić information content (AvgIpc) is 3.01. The van der Waals surface area contributed by atoms with Crippen molar-refractivity contribution in [3.8, 4) is 16.9 Å². The van der Waals surface area contributed by atoms with Gasteiger partial charge in [0, 0.05) is 30.8 Å². The smallest absolute Gasteiger partial charge is 0.253 e. The molecule has 5 heteroatoms. The third kappa shape index (κ3) is 4.61. The van der Waals surface area contributed by atoms with E-state index < -0.39 is 0 Å². The van der Waals surface area contributed by atoms with E-state index >= 15 is 0 Å². The van der Waals surface area contributed by atoms with Crippen LogP contribution in [0.5, 0.6) is 5.75 Å². The van der Waals surface area contributed by atoms with Crippen molar-refractivity contribution in [3.05, 3.63) is 90.0 Å². The second-order valence-corrected chi connectivity index (χ2v) is 7.67. The van der Waals surface area contributed by atoms with Crippen molar-refractivity contribution in [2.24, 2.45) is 5.92 Å². The number of nitrogens with one attached hydrogen (secondary N) is 1. The molecule has 1 aliphatic rings. The van der Waals surface area contributed by atoms with Gasteiger partial charge in [-0.2, -0.15) is 0 Å². The molecule has 3 aromatic carbocycles. The predicted molar refractivity (Wildman–Crippen MR) is 121 cm³/mol. The van der Waals surface area contributed by atoms with Crippen LogP contribution in [0.25, 0.3) is 11.1 Å². The van der Waals surface area contributed by atoms with Crippen LogP contribution in [0.15, 0.2) is 78.9 Å². The van der Waals surface area contributed by atoms with Gasteiger partial charge in [-0.1, -0.05) is 60.7 Å². The Morgan fingerprint density at radius 3 is 2.42 bits per heavy atom. The van der Waals surface area contributed by atoms with Crippen LogP contribution >= 0.6 is 0 Å². The van der Waals surface area contributed by atoms with Gasteiger partial charge in [-0.25, -0.2) is 0 Å². The summed E-state index contributed by atoms with van der Waals surface area (Å²) in [6.45, 7) is 1.35. The maximum Gasteiger partial charge on any atom is 0.253 e. The van der Waals surface area contributed by atoms with Crippen LogP contribution in [0.1, 0.15) is 15.9 Å². The number of ether oxygens (including phenoxy) is 1. The Hall–Kier alpha value is -3.60. The lowest BCUT2D eigenvalue weighted by atomic mass is 9.91. The molecule has 0 aliphatic carbocycles. The molecular weight excluding hydrogens is 388 g/mol. The van der Waals surface area contributed by atoms with Crippen molar-refractivity contribution < 1.29 is 14.3 Å². The second kappa shape index (κ2) is 9.47. The Morgan fingerprint density at radius 1 is 0.968 bits per heavy atom. The Kier molecular flexibility index (Phi) is 6.32. The Bertz CT molecular complexity index is 1070. The zero-order chi connectivity index (χ0) is 21.6. The molecule has 0 saturated carbocycles. The zero-order valence-electron chi connectivity index (χ0n) is 17.6. The van der Waals surface area contributed by atoms with Crippen LogP contribution in [-0.2, 0) is 11.2 Å².